The number of halogens is 1. The van der Waals surface area contributed by atoms with E-state index >= 15 is 0 Å². The van der Waals surface area contributed by atoms with Crippen molar-refractivity contribution in [3.63, 3.8) is 0 Å². The van der Waals surface area contributed by atoms with Gasteiger partial charge in [0, 0.05) is 19.6 Å². The van der Waals surface area contributed by atoms with Crippen molar-refractivity contribution in [1.29, 1.82) is 0 Å². The van der Waals surface area contributed by atoms with E-state index in [1.54, 1.807) is 26.0 Å². The van der Waals surface area contributed by atoms with E-state index < -0.39 is 0 Å². The molecule has 0 amide bonds. The summed E-state index contributed by atoms with van der Waals surface area (Å²) in [7, 11) is 3.19. The van der Waals surface area contributed by atoms with Gasteiger partial charge in [-0.15, -0.1) is 0 Å². The van der Waals surface area contributed by atoms with Crippen molar-refractivity contribution in [1.82, 2.24) is 0 Å². The van der Waals surface area contributed by atoms with Crippen LogP contribution < -0.4 is 9.47 Å². The molecular formula is C29H27BrO2S2. The summed E-state index contributed by atoms with van der Waals surface area (Å²) in [5, 5.41) is 0. The average Bonchev–Trinajstić information content (AvgIpc) is 2.89. The molecule has 174 valence electrons. The second kappa shape index (κ2) is 11.3. The van der Waals surface area contributed by atoms with Crippen LogP contribution in [0.1, 0.15) is 25.0 Å². The van der Waals surface area contributed by atoms with Gasteiger partial charge in [-0.1, -0.05) is 63.2 Å². The van der Waals surface area contributed by atoms with E-state index in [0.717, 1.165) is 11.5 Å². The molecule has 2 nitrogen and oxygen atoms in total. The van der Waals surface area contributed by atoms with E-state index in [4.69, 9.17) is 9.47 Å². The van der Waals surface area contributed by atoms with Crippen molar-refractivity contribution >= 4 is 45.3 Å². The van der Waals surface area contributed by atoms with Crippen LogP contribution >= 0.6 is 35.5 Å². The fraction of sp³-hybridized carbons (Fsp3) is 0.138. The molecule has 1 atom stereocenters. The maximum absolute atomic E-state index is 5.31. The molecule has 0 bridgehead atoms. The highest BCUT2D eigenvalue weighted by atomic mass is 79.9. The van der Waals surface area contributed by atoms with Crippen molar-refractivity contribution in [2.75, 3.05) is 14.2 Å². The third-order valence-corrected chi connectivity index (χ3v) is 10.5. The van der Waals surface area contributed by atoms with E-state index in [0.29, 0.717) is 0 Å². The van der Waals surface area contributed by atoms with Gasteiger partial charge in [0.1, 0.15) is 11.5 Å². The van der Waals surface area contributed by atoms with Crippen LogP contribution in [0, 0.1) is 0 Å². The summed E-state index contributed by atoms with van der Waals surface area (Å²) in [5.41, 5.74) is 4.91. The Morgan fingerprint density at radius 3 is 2.03 bits per heavy atom. The molecular weight excluding hydrogens is 524 g/mol. The molecule has 5 heteroatoms. The third-order valence-electron chi connectivity index (χ3n) is 5.56. The number of hydrogen-bond donors (Lipinski definition) is 0. The Hall–Kier alpha value is -2.47. The van der Waals surface area contributed by atoms with Gasteiger partial charge in [-0.2, -0.15) is 0 Å². The first-order valence-corrected chi connectivity index (χ1v) is 14.8. The van der Waals surface area contributed by atoms with Crippen molar-refractivity contribution < 1.29 is 9.47 Å². The van der Waals surface area contributed by atoms with Gasteiger partial charge in [-0.05, 0) is 99.5 Å². The standard InChI is InChI=1S/C29H27BrO2S2/c1-20(26-7-5-8-27(33-26)22-11-15-24(31-3)16-12-22)19-21(2)28-9-6-10-29(34(28)30)23-13-17-25(32-4)18-14-23/h5-19H,1-4H3/b21-19+,26-20+. The lowest BCUT2D eigenvalue weighted by molar-refractivity contribution is 0.414. The average molecular weight is 552 g/mol. The zero-order valence-electron chi connectivity index (χ0n) is 19.7. The topological polar surface area (TPSA) is 18.5 Å². The second-order valence-corrected chi connectivity index (χ2v) is 12.3. The predicted octanol–water partition coefficient (Wildman–Crippen LogP) is 8.82. The van der Waals surface area contributed by atoms with E-state index in [2.05, 4.69) is 95.5 Å². The second-order valence-electron chi connectivity index (χ2n) is 7.83. The smallest absolute Gasteiger partial charge is 0.118 e. The maximum atomic E-state index is 5.31. The van der Waals surface area contributed by atoms with Gasteiger partial charge in [0.05, 0.1) is 14.2 Å². The minimum Gasteiger partial charge on any atom is -0.497 e. The first-order chi connectivity index (χ1) is 16.5. The Morgan fingerprint density at radius 1 is 0.824 bits per heavy atom. The van der Waals surface area contributed by atoms with E-state index in [9.17, 15) is 0 Å². The molecule has 0 aromatic heterocycles. The molecule has 0 aliphatic carbocycles. The number of rotatable bonds is 6. The molecule has 0 saturated carbocycles. The molecule has 1 unspecified atom stereocenters. The number of methoxy groups -OCH3 is 2. The van der Waals surface area contributed by atoms with Crippen molar-refractivity contribution in [2.24, 2.45) is 0 Å². The lowest BCUT2D eigenvalue weighted by Crippen LogP contribution is -2.00. The van der Waals surface area contributed by atoms with Crippen LogP contribution in [0.4, 0.5) is 0 Å². The normalized spacial score (nSPS) is 19.5. The summed E-state index contributed by atoms with van der Waals surface area (Å²) in [6.07, 6.45) is 15.3. The zero-order valence-corrected chi connectivity index (χ0v) is 22.9. The minimum absolute atomic E-state index is 0.193. The van der Waals surface area contributed by atoms with Gasteiger partial charge in [0.2, 0.25) is 0 Å². The molecule has 0 saturated heterocycles. The van der Waals surface area contributed by atoms with Crippen LogP contribution in [-0.2, 0) is 0 Å². The molecule has 2 heterocycles. The van der Waals surface area contributed by atoms with Crippen LogP contribution in [-0.4, -0.2) is 19.1 Å². The molecule has 0 radical (unpaired) electrons. The number of thioether (sulfide) groups is 1. The predicted molar refractivity (Wildman–Crippen MR) is 155 cm³/mol. The summed E-state index contributed by atoms with van der Waals surface area (Å²) >= 11 is 5.78. The Morgan fingerprint density at radius 2 is 1.41 bits per heavy atom. The van der Waals surface area contributed by atoms with Gasteiger partial charge in [-0.3, -0.25) is 0 Å². The molecule has 2 aliphatic rings. The molecule has 0 spiro atoms. The van der Waals surface area contributed by atoms with Crippen LogP contribution in [0.25, 0.3) is 4.91 Å². The fourth-order valence-electron chi connectivity index (χ4n) is 3.69. The summed E-state index contributed by atoms with van der Waals surface area (Å²) in [5.74, 6) is 1.74. The Bertz CT molecular complexity index is 1290. The molecule has 0 fully saturated rings. The highest BCUT2D eigenvalue weighted by Gasteiger charge is 2.14. The number of ether oxygens (including phenoxy) is 2. The van der Waals surface area contributed by atoms with Crippen molar-refractivity contribution in [2.45, 2.75) is 13.8 Å². The van der Waals surface area contributed by atoms with Gasteiger partial charge in [0.15, 0.2) is 0 Å². The lowest BCUT2D eigenvalue weighted by atomic mass is 10.1. The summed E-state index contributed by atoms with van der Waals surface area (Å²) in [4.78, 5) is 5.06. The number of allylic oxidation sites excluding steroid dienone is 9. The summed E-state index contributed by atoms with van der Waals surface area (Å²) < 4.78 is 10.6. The van der Waals surface area contributed by atoms with E-state index in [1.807, 2.05) is 24.3 Å². The Balaban J connectivity index is 1.57. The Labute approximate surface area is 216 Å². The molecule has 2 aromatic rings. The first kappa shape index (κ1) is 24.6. The highest BCUT2D eigenvalue weighted by Crippen LogP contribution is 2.44. The van der Waals surface area contributed by atoms with Gasteiger partial charge in [0.25, 0.3) is 0 Å². The molecule has 2 aliphatic heterocycles. The molecule has 4 rings (SSSR count). The van der Waals surface area contributed by atoms with Crippen molar-refractivity contribution in [3.05, 3.63) is 123 Å². The van der Waals surface area contributed by atoms with Gasteiger partial charge >= 0.3 is 0 Å². The van der Waals surface area contributed by atoms with E-state index in [-0.39, 0.29) is 8.92 Å². The highest BCUT2D eigenvalue weighted by molar-refractivity contribution is 9.53. The SMILES string of the molecule is COc1ccc(C2=CC=C/C(=C(C)\C=C(/C)C3=CC=CC(c4ccc(OC)cc4)=S3Br)S2)cc1. The van der Waals surface area contributed by atoms with Crippen molar-refractivity contribution in [3.8, 4) is 11.5 Å². The zero-order chi connectivity index (χ0) is 24.1. The van der Waals surface area contributed by atoms with E-state index in [1.165, 1.54) is 41.9 Å². The first-order valence-electron chi connectivity index (χ1n) is 10.9. The van der Waals surface area contributed by atoms with Crippen LogP contribution in [0.2, 0.25) is 0 Å². The van der Waals surface area contributed by atoms with Gasteiger partial charge < -0.3 is 9.47 Å². The lowest BCUT2D eigenvalue weighted by Gasteiger charge is -2.18. The fourth-order valence-corrected chi connectivity index (χ4v) is 7.98. The third kappa shape index (κ3) is 5.60. The van der Waals surface area contributed by atoms with Crippen LogP contribution in [0.3, 0.4) is 0 Å². The maximum Gasteiger partial charge on any atom is 0.118 e. The summed E-state index contributed by atoms with van der Waals surface area (Å²) in [6, 6.07) is 16.5. The number of hydrogen-bond acceptors (Lipinski definition) is 3. The summed E-state index contributed by atoms with van der Waals surface area (Å²) in [6.45, 7) is 4.38. The van der Waals surface area contributed by atoms with Gasteiger partial charge in [-0.25, -0.2) is 0 Å². The molecule has 2 aromatic carbocycles. The minimum atomic E-state index is -0.193. The Kier molecular flexibility index (Phi) is 8.19. The quantitative estimate of drug-likeness (QED) is 0.334. The number of benzene rings is 2. The molecule has 0 N–H and O–H groups in total. The van der Waals surface area contributed by atoms with Crippen LogP contribution in [0.15, 0.2) is 112 Å². The largest absolute Gasteiger partial charge is 0.497 e. The molecule has 34 heavy (non-hydrogen) atoms. The van der Waals surface area contributed by atoms with Crippen LogP contribution in [0.5, 0.6) is 11.5 Å². The monoisotopic (exact) mass is 550 g/mol.